The number of carbonyl (C=O) groups excluding carboxylic acids is 1. The van der Waals surface area contributed by atoms with Crippen LogP contribution in [0.15, 0.2) is 54.6 Å². The predicted octanol–water partition coefficient (Wildman–Crippen LogP) is 5.08. The molecule has 2 N–H and O–H groups in total. The van der Waals surface area contributed by atoms with E-state index in [1.54, 1.807) is 0 Å². The minimum atomic E-state index is -0.904. The molecule has 0 spiro atoms. The highest BCUT2D eigenvalue weighted by molar-refractivity contribution is 7.22. The Kier molecular flexibility index (Phi) is 4.41. The first-order valence-electron chi connectivity index (χ1n) is 9.38. The lowest BCUT2D eigenvalue weighted by Crippen LogP contribution is -2.36. The Morgan fingerprint density at radius 2 is 1.72 bits per heavy atom. The molecule has 2 aliphatic rings. The first-order chi connectivity index (χ1) is 14.0. The fraction of sp³-hybridized carbons (Fsp3) is 0.227. The molecule has 0 aliphatic heterocycles. The van der Waals surface area contributed by atoms with Crippen molar-refractivity contribution in [2.75, 3.05) is 5.32 Å². The third-order valence-corrected chi connectivity index (χ3v) is 7.03. The Morgan fingerprint density at radius 3 is 2.45 bits per heavy atom. The van der Waals surface area contributed by atoms with Crippen molar-refractivity contribution in [1.82, 2.24) is 4.98 Å². The summed E-state index contributed by atoms with van der Waals surface area (Å²) in [4.78, 5) is 29.0. The number of nitrogens with one attached hydrogen (secondary N) is 1. The number of benzene rings is 2. The monoisotopic (exact) mass is 424 g/mol. The third-order valence-electron chi connectivity index (χ3n) is 5.84. The molecular formula is C22H17ClN2O3S. The average molecular weight is 425 g/mol. The Hall–Kier alpha value is -2.70. The molecule has 2 bridgehead atoms. The zero-order valence-electron chi connectivity index (χ0n) is 15.2. The summed E-state index contributed by atoms with van der Waals surface area (Å²) < 4.78 is 0.954. The number of rotatable bonds is 4. The van der Waals surface area contributed by atoms with Crippen LogP contribution in [0.4, 0.5) is 5.13 Å². The Balaban J connectivity index is 1.39. The summed E-state index contributed by atoms with van der Waals surface area (Å²) in [6.45, 7) is 0. The molecule has 1 aromatic heterocycles. The van der Waals surface area contributed by atoms with Crippen LogP contribution >= 0.6 is 22.9 Å². The topological polar surface area (TPSA) is 79.3 Å². The molecule has 5 rings (SSSR count). The molecule has 0 saturated heterocycles. The van der Waals surface area contributed by atoms with Crippen molar-refractivity contribution in [1.29, 1.82) is 0 Å². The van der Waals surface area contributed by atoms with Gasteiger partial charge in [-0.2, -0.15) is 0 Å². The smallest absolute Gasteiger partial charge is 0.307 e. The minimum Gasteiger partial charge on any atom is -0.481 e. The van der Waals surface area contributed by atoms with Crippen LogP contribution in [-0.4, -0.2) is 22.0 Å². The van der Waals surface area contributed by atoms with Crippen molar-refractivity contribution < 1.29 is 14.7 Å². The molecule has 29 heavy (non-hydrogen) atoms. The molecule has 7 heteroatoms. The van der Waals surface area contributed by atoms with Gasteiger partial charge in [-0.3, -0.25) is 9.59 Å². The molecule has 1 fully saturated rings. The molecule has 146 valence electrons. The van der Waals surface area contributed by atoms with Crippen LogP contribution in [0, 0.1) is 23.7 Å². The van der Waals surface area contributed by atoms with Gasteiger partial charge in [0.05, 0.1) is 22.1 Å². The van der Waals surface area contributed by atoms with Gasteiger partial charge in [-0.1, -0.05) is 53.3 Å². The first-order valence-corrected chi connectivity index (χ1v) is 10.6. The van der Waals surface area contributed by atoms with Gasteiger partial charge in [0.25, 0.3) is 0 Å². The number of carboxylic acids is 1. The Bertz CT molecular complexity index is 1150. The maximum Gasteiger partial charge on any atom is 0.307 e. The Morgan fingerprint density at radius 1 is 1.03 bits per heavy atom. The van der Waals surface area contributed by atoms with E-state index in [-0.39, 0.29) is 17.7 Å². The zero-order chi connectivity index (χ0) is 20.1. The normalized spacial score (nSPS) is 24.9. The van der Waals surface area contributed by atoms with Crippen LogP contribution in [0.1, 0.15) is 6.42 Å². The quantitative estimate of drug-likeness (QED) is 0.572. The Labute approximate surface area is 176 Å². The van der Waals surface area contributed by atoms with Crippen molar-refractivity contribution >= 4 is 50.2 Å². The number of hydrogen-bond donors (Lipinski definition) is 2. The van der Waals surface area contributed by atoms with Crippen molar-refractivity contribution in [3.8, 4) is 11.1 Å². The van der Waals surface area contributed by atoms with Gasteiger partial charge in [0.1, 0.15) is 0 Å². The third kappa shape index (κ3) is 3.22. The number of nitrogens with zero attached hydrogens (tertiary/aromatic N) is 1. The molecule has 2 aromatic carbocycles. The number of hydrogen-bond acceptors (Lipinski definition) is 4. The van der Waals surface area contributed by atoms with Crippen LogP contribution in [0.2, 0.25) is 5.02 Å². The van der Waals surface area contributed by atoms with Gasteiger partial charge in [-0.15, -0.1) is 0 Å². The van der Waals surface area contributed by atoms with E-state index < -0.39 is 17.8 Å². The van der Waals surface area contributed by atoms with Gasteiger partial charge in [0.2, 0.25) is 5.91 Å². The molecule has 1 amide bonds. The van der Waals surface area contributed by atoms with Crippen LogP contribution in [0.3, 0.4) is 0 Å². The van der Waals surface area contributed by atoms with Gasteiger partial charge >= 0.3 is 5.97 Å². The number of carbonyl (C=O) groups is 2. The standard InChI is InChI=1S/C22H17ClN2O3S/c23-15-6-3-11(4-7-15)12-5-8-16-17(10-12)29-22(24-16)25-20(26)18-13-1-2-14(9-13)19(18)21(27)28/h1-8,10,13-14,18-19H,9H2,(H,27,28)(H,24,25,26). The highest BCUT2D eigenvalue weighted by Crippen LogP contribution is 2.48. The van der Waals surface area contributed by atoms with Crippen molar-refractivity contribution in [2.45, 2.75) is 6.42 Å². The summed E-state index contributed by atoms with van der Waals surface area (Å²) in [6, 6.07) is 13.6. The fourth-order valence-electron chi connectivity index (χ4n) is 4.51. The molecule has 5 nitrogen and oxygen atoms in total. The molecule has 3 aromatic rings. The number of carboxylic acid groups (broad SMARTS) is 1. The summed E-state index contributed by atoms with van der Waals surface area (Å²) in [6.07, 6.45) is 4.65. The summed E-state index contributed by atoms with van der Waals surface area (Å²) in [5.74, 6) is -2.42. The number of thiazole rings is 1. The lowest BCUT2D eigenvalue weighted by Gasteiger charge is -2.23. The summed E-state index contributed by atoms with van der Waals surface area (Å²) in [7, 11) is 0. The van der Waals surface area contributed by atoms with Gasteiger partial charge in [-0.05, 0) is 53.6 Å². The number of anilines is 1. The van der Waals surface area contributed by atoms with E-state index in [0.29, 0.717) is 10.2 Å². The van der Waals surface area contributed by atoms with E-state index in [1.807, 2.05) is 54.6 Å². The second-order valence-corrected chi connectivity index (χ2v) is 9.00. The molecular weight excluding hydrogens is 408 g/mol. The summed E-state index contributed by atoms with van der Waals surface area (Å²) in [5, 5.41) is 13.6. The van der Waals surface area contributed by atoms with Crippen molar-refractivity contribution in [3.05, 3.63) is 59.6 Å². The number of amides is 1. The van der Waals surface area contributed by atoms with Crippen molar-refractivity contribution in [2.24, 2.45) is 23.7 Å². The van der Waals surface area contributed by atoms with E-state index in [9.17, 15) is 14.7 Å². The van der Waals surface area contributed by atoms with E-state index in [1.165, 1.54) is 11.3 Å². The molecule has 1 saturated carbocycles. The lowest BCUT2D eigenvalue weighted by atomic mass is 9.82. The van der Waals surface area contributed by atoms with E-state index in [2.05, 4.69) is 10.3 Å². The molecule has 4 atom stereocenters. The van der Waals surface area contributed by atoms with E-state index in [4.69, 9.17) is 11.6 Å². The molecule has 0 radical (unpaired) electrons. The maximum absolute atomic E-state index is 12.9. The van der Waals surface area contributed by atoms with Crippen LogP contribution in [-0.2, 0) is 9.59 Å². The number of aliphatic carboxylic acids is 1. The van der Waals surface area contributed by atoms with Crippen LogP contribution in [0.5, 0.6) is 0 Å². The second kappa shape index (κ2) is 6.97. The summed E-state index contributed by atoms with van der Waals surface area (Å²) in [5.41, 5.74) is 2.89. The highest BCUT2D eigenvalue weighted by atomic mass is 35.5. The zero-order valence-corrected chi connectivity index (χ0v) is 16.8. The fourth-order valence-corrected chi connectivity index (χ4v) is 5.54. The number of aromatic nitrogens is 1. The highest BCUT2D eigenvalue weighted by Gasteiger charge is 2.51. The number of fused-ring (bicyclic) bond motifs is 3. The van der Waals surface area contributed by atoms with E-state index >= 15 is 0 Å². The molecule has 1 heterocycles. The number of allylic oxidation sites excluding steroid dienone is 2. The van der Waals surface area contributed by atoms with Crippen molar-refractivity contribution in [3.63, 3.8) is 0 Å². The lowest BCUT2D eigenvalue weighted by molar-refractivity contribution is -0.146. The van der Waals surface area contributed by atoms with Crippen LogP contribution < -0.4 is 5.32 Å². The largest absolute Gasteiger partial charge is 0.481 e. The summed E-state index contributed by atoms with van der Waals surface area (Å²) >= 11 is 7.36. The van der Waals surface area contributed by atoms with Gasteiger partial charge in [0.15, 0.2) is 5.13 Å². The van der Waals surface area contributed by atoms with Gasteiger partial charge in [0, 0.05) is 5.02 Å². The molecule has 2 aliphatic carbocycles. The predicted molar refractivity (Wildman–Crippen MR) is 114 cm³/mol. The maximum atomic E-state index is 12.9. The SMILES string of the molecule is O=C(O)C1C2C=CC(C2)C1C(=O)Nc1nc2ccc(-c3ccc(Cl)cc3)cc2s1. The second-order valence-electron chi connectivity index (χ2n) is 7.54. The van der Waals surface area contributed by atoms with Gasteiger partial charge < -0.3 is 10.4 Å². The number of halogens is 1. The average Bonchev–Trinajstić information content (AvgIpc) is 3.41. The molecule has 4 unspecified atom stereocenters. The van der Waals surface area contributed by atoms with E-state index in [0.717, 1.165) is 27.8 Å². The first kappa shape index (κ1) is 18.3. The minimum absolute atomic E-state index is 0.00742. The van der Waals surface area contributed by atoms with Gasteiger partial charge in [-0.25, -0.2) is 4.98 Å². The van der Waals surface area contributed by atoms with Crippen LogP contribution in [0.25, 0.3) is 21.3 Å².